The van der Waals surface area contributed by atoms with Gasteiger partial charge in [0.2, 0.25) is 5.75 Å². The number of rotatable bonds is 3. The maximum atomic E-state index is 11.5. The van der Waals surface area contributed by atoms with Gasteiger partial charge in [-0.1, -0.05) is 0 Å². The van der Waals surface area contributed by atoms with Crippen LogP contribution in [0.1, 0.15) is 5.56 Å². The van der Waals surface area contributed by atoms with Crippen LogP contribution in [-0.2, 0) is 4.79 Å². The van der Waals surface area contributed by atoms with Crippen molar-refractivity contribution in [2.45, 2.75) is 0 Å². The van der Waals surface area contributed by atoms with E-state index in [1.54, 1.807) is 18.2 Å². The SMILES string of the molecule is COc1cc(C=C2SC(N)=NC2=O)cc(OC)c1O. The van der Waals surface area contributed by atoms with Crippen molar-refractivity contribution in [1.29, 1.82) is 0 Å². The van der Waals surface area contributed by atoms with E-state index in [1.807, 2.05) is 0 Å². The lowest BCUT2D eigenvalue weighted by molar-refractivity contribution is -0.113. The van der Waals surface area contributed by atoms with Gasteiger partial charge in [0.05, 0.1) is 19.1 Å². The van der Waals surface area contributed by atoms with E-state index in [0.717, 1.165) is 11.8 Å². The van der Waals surface area contributed by atoms with E-state index in [1.165, 1.54) is 14.2 Å². The van der Waals surface area contributed by atoms with Gasteiger partial charge in [0.25, 0.3) is 5.91 Å². The Bertz CT molecular complexity index is 570. The molecule has 1 heterocycles. The molecule has 0 spiro atoms. The molecule has 7 heteroatoms. The molecule has 0 saturated heterocycles. The van der Waals surface area contributed by atoms with E-state index in [9.17, 15) is 9.90 Å². The Kier molecular flexibility index (Phi) is 3.66. The zero-order valence-corrected chi connectivity index (χ0v) is 11.2. The van der Waals surface area contributed by atoms with E-state index in [2.05, 4.69) is 4.99 Å². The molecule has 0 saturated carbocycles. The summed E-state index contributed by atoms with van der Waals surface area (Å²) in [5.41, 5.74) is 6.11. The van der Waals surface area contributed by atoms with Crippen LogP contribution in [0.15, 0.2) is 22.0 Å². The predicted molar refractivity (Wildman–Crippen MR) is 73.4 cm³/mol. The Morgan fingerprint density at radius 1 is 1.32 bits per heavy atom. The lowest BCUT2D eigenvalue weighted by Gasteiger charge is -2.09. The number of carbonyl (C=O) groups is 1. The molecule has 2 rings (SSSR count). The fourth-order valence-electron chi connectivity index (χ4n) is 1.57. The van der Waals surface area contributed by atoms with Crippen molar-refractivity contribution >= 4 is 28.9 Å². The maximum Gasteiger partial charge on any atom is 0.286 e. The molecule has 0 bridgehead atoms. The number of aromatic hydroxyl groups is 1. The number of ether oxygens (including phenoxy) is 2. The van der Waals surface area contributed by atoms with Crippen LogP contribution < -0.4 is 15.2 Å². The molecule has 1 aromatic rings. The van der Waals surface area contributed by atoms with Crippen LogP contribution >= 0.6 is 11.8 Å². The number of hydrogen-bond donors (Lipinski definition) is 2. The van der Waals surface area contributed by atoms with Gasteiger partial charge in [-0.2, -0.15) is 4.99 Å². The van der Waals surface area contributed by atoms with Gasteiger partial charge >= 0.3 is 0 Å². The normalized spacial score (nSPS) is 16.6. The molecule has 0 fully saturated rings. The highest BCUT2D eigenvalue weighted by atomic mass is 32.2. The van der Waals surface area contributed by atoms with E-state index in [-0.39, 0.29) is 28.3 Å². The van der Waals surface area contributed by atoms with Crippen molar-refractivity contribution < 1.29 is 19.4 Å². The van der Waals surface area contributed by atoms with Gasteiger partial charge in [0, 0.05) is 0 Å². The first-order valence-electron chi connectivity index (χ1n) is 5.28. The van der Waals surface area contributed by atoms with E-state index < -0.39 is 0 Å². The van der Waals surface area contributed by atoms with Crippen molar-refractivity contribution in [1.82, 2.24) is 0 Å². The fraction of sp³-hybridized carbons (Fsp3) is 0.167. The zero-order valence-electron chi connectivity index (χ0n) is 10.3. The van der Waals surface area contributed by atoms with Gasteiger partial charge in [-0.05, 0) is 35.5 Å². The second-order valence-electron chi connectivity index (χ2n) is 3.64. The summed E-state index contributed by atoms with van der Waals surface area (Å²) in [6.45, 7) is 0. The second kappa shape index (κ2) is 5.23. The smallest absolute Gasteiger partial charge is 0.286 e. The zero-order chi connectivity index (χ0) is 14.0. The molecule has 0 unspecified atom stereocenters. The van der Waals surface area contributed by atoms with Crippen molar-refractivity contribution in [3.63, 3.8) is 0 Å². The molecule has 0 radical (unpaired) electrons. The van der Waals surface area contributed by atoms with Crippen molar-refractivity contribution in [2.24, 2.45) is 10.7 Å². The first kappa shape index (κ1) is 13.3. The average Bonchev–Trinajstić information content (AvgIpc) is 2.69. The Balaban J connectivity index is 2.41. The Hall–Kier alpha value is -2.15. The monoisotopic (exact) mass is 280 g/mol. The van der Waals surface area contributed by atoms with Gasteiger partial charge in [-0.3, -0.25) is 4.79 Å². The molecule has 1 aliphatic rings. The summed E-state index contributed by atoms with van der Waals surface area (Å²) in [7, 11) is 2.87. The van der Waals surface area contributed by atoms with Crippen molar-refractivity contribution in [2.75, 3.05) is 14.2 Å². The number of nitrogens with zero attached hydrogens (tertiary/aromatic N) is 1. The maximum absolute atomic E-state index is 11.5. The van der Waals surface area contributed by atoms with Crippen molar-refractivity contribution in [3.05, 3.63) is 22.6 Å². The summed E-state index contributed by atoms with van der Waals surface area (Å²) in [4.78, 5) is 15.5. The van der Waals surface area contributed by atoms with Crippen LogP contribution in [-0.4, -0.2) is 30.4 Å². The van der Waals surface area contributed by atoms with Crippen LogP contribution in [0.3, 0.4) is 0 Å². The minimum absolute atomic E-state index is 0.0895. The molecule has 0 aliphatic carbocycles. The minimum atomic E-state index is -0.381. The number of aliphatic imine (C=N–C) groups is 1. The van der Waals surface area contributed by atoms with E-state index >= 15 is 0 Å². The third-order valence-corrected chi connectivity index (χ3v) is 3.25. The summed E-state index contributed by atoms with van der Waals surface area (Å²) >= 11 is 1.09. The third-order valence-electron chi connectivity index (χ3n) is 2.44. The van der Waals surface area contributed by atoms with E-state index in [4.69, 9.17) is 15.2 Å². The number of thioether (sulfide) groups is 1. The number of benzene rings is 1. The third kappa shape index (κ3) is 2.65. The number of carbonyl (C=O) groups excluding carboxylic acids is 1. The lowest BCUT2D eigenvalue weighted by Crippen LogP contribution is -2.01. The summed E-state index contributed by atoms with van der Waals surface area (Å²) in [5, 5.41) is 10.00. The number of amidine groups is 1. The van der Waals surface area contributed by atoms with Gasteiger partial charge in [0.1, 0.15) is 0 Å². The first-order chi connectivity index (χ1) is 9.05. The number of phenols is 1. The van der Waals surface area contributed by atoms with Crippen LogP contribution in [0.5, 0.6) is 17.2 Å². The molecule has 1 amide bonds. The van der Waals surface area contributed by atoms with E-state index in [0.29, 0.717) is 10.5 Å². The van der Waals surface area contributed by atoms with Crippen LogP contribution in [0, 0.1) is 0 Å². The fourth-order valence-corrected chi connectivity index (χ4v) is 2.26. The summed E-state index contributed by atoms with van der Waals surface area (Å²) in [6.07, 6.45) is 1.61. The van der Waals surface area contributed by atoms with Gasteiger partial charge in [-0.15, -0.1) is 0 Å². The van der Waals surface area contributed by atoms with Gasteiger partial charge in [0.15, 0.2) is 16.7 Å². The molecule has 1 aromatic carbocycles. The standard InChI is InChI=1S/C12H12N2O4S/c1-17-7-3-6(4-8(18-2)10(7)15)5-9-11(16)14-12(13)19-9/h3-5,15H,1-2H3,(H2,13,14,16). The lowest BCUT2D eigenvalue weighted by atomic mass is 10.1. The molecule has 100 valence electrons. The van der Waals surface area contributed by atoms with Gasteiger partial charge < -0.3 is 20.3 Å². The number of hydrogen-bond acceptors (Lipinski definition) is 6. The highest BCUT2D eigenvalue weighted by Crippen LogP contribution is 2.38. The number of nitrogens with two attached hydrogens (primary N) is 1. The Morgan fingerprint density at radius 2 is 1.89 bits per heavy atom. The molecule has 0 aromatic heterocycles. The summed E-state index contributed by atoms with van der Waals surface area (Å²) in [5.74, 6) is 0.0490. The summed E-state index contributed by atoms with van der Waals surface area (Å²) < 4.78 is 10.1. The Morgan fingerprint density at radius 3 is 2.32 bits per heavy atom. The molecular formula is C12H12N2O4S. The number of amides is 1. The molecule has 3 N–H and O–H groups in total. The second-order valence-corrected chi connectivity index (χ2v) is 4.70. The largest absolute Gasteiger partial charge is 0.502 e. The van der Waals surface area contributed by atoms with Crippen LogP contribution in [0.4, 0.5) is 0 Å². The number of phenolic OH excluding ortho intramolecular Hbond substituents is 1. The topological polar surface area (TPSA) is 94.1 Å². The van der Waals surface area contributed by atoms with Crippen LogP contribution in [0.25, 0.3) is 6.08 Å². The summed E-state index contributed by atoms with van der Waals surface area (Å²) in [6, 6.07) is 3.18. The van der Waals surface area contributed by atoms with Crippen molar-refractivity contribution in [3.8, 4) is 17.2 Å². The van der Waals surface area contributed by atoms with Crippen LogP contribution in [0.2, 0.25) is 0 Å². The molecule has 6 nitrogen and oxygen atoms in total. The highest BCUT2D eigenvalue weighted by molar-refractivity contribution is 8.18. The average molecular weight is 280 g/mol. The Labute approximate surface area is 113 Å². The number of methoxy groups -OCH3 is 2. The minimum Gasteiger partial charge on any atom is -0.502 e. The molecule has 0 atom stereocenters. The highest BCUT2D eigenvalue weighted by Gasteiger charge is 2.20. The molecular weight excluding hydrogens is 268 g/mol. The first-order valence-corrected chi connectivity index (χ1v) is 6.10. The predicted octanol–water partition coefficient (Wildman–Crippen LogP) is 1.34. The quantitative estimate of drug-likeness (QED) is 0.811. The molecule has 1 aliphatic heterocycles. The van der Waals surface area contributed by atoms with Gasteiger partial charge in [-0.25, -0.2) is 0 Å². The molecule has 19 heavy (non-hydrogen) atoms.